The summed E-state index contributed by atoms with van der Waals surface area (Å²) in [6.45, 7) is 4.74. The fourth-order valence-corrected chi connectivity index (χ4v) is 4.68. The maximum absolute atomic E-state index is 12.5. The molecule has 1 saturated carbocycles. The SMILES string of the molecule is C=CCn1c(SCC(=O)NC2CCCCCC2)nnc1[C@H]1COc2ccccc2O1. The Labute approximate surface area is 181 Å². The number of carbonyl (C=O) groups excluding carboxylic acids is 1. The highest BCUT2D eigenvalue weighted by atomic mass is 32.2. The van der Waals surface area contributed by atoms with Crippen molar-refractivity contribution < 1.29 is 14.3 Å². The van der Waals surface area contributed by atoms with Gasteiger partial charge in [-0.05, 0) is 25.0 Å². The summed E-state index contributed by atoms with van der Waals surface area (Å²) in [5.74, 6) is 2.47. The third-order valence-corrected chi connectivity index (χ3v) is 6.37. The zero-order chi connectivity index (χ0) is 20.8. The molecule has 1 aromatic heterocycles. The number of amides is 1. The van der Waals surface area contributed by atoms with Crippen LogP contribution in [0.25, 0.3) is 0 Å². The summed E-state index contributed by atoms with van der Waals surface area (Å²) >= 11 is 1.39. The number of ether oxygens (including phenoxy) is 2. The van der Waals surface area contributed by atoms with E-state index in [9.17, 15) is 4.79 Å². The van der Waals surface area contributed by atoms with Crippen LogP contribution in [0.3, 0.4) is 0 Å². The first-order valence-electron chi connectivity index (χ1n) is 10.6. The van der Waals surface area contributed by atoms with Crippen LogP contribution in [0.4, 0.5) is 0 Å². The molecule has 1 aliphatic carbocycles. The highest BCUT2D eigenvalue weighted by Crippen LogP contribution is 2.36. The summed E-state index contributed by atoms with van der Waals surface area (Å²) in [5, 5.41) is 12.5. The first-order valence-corrected chi connectivity index (χ1v) is 11.6. The molecule has 4 rings (SSSR count). The molecule has 2 aliphatic rings. The quantitative estimate of drug-likeness (QED) is 0.409. The van der Waals surface area contributed by atoms with E-state index in [0.717, 1.165) is 18.6 Å². The summed E-state index contributed by atoms with van der Waals surface area (Å²) in [6, 6.07) is 7.89. The van der Waals surface area contributed by atoms with Gasteiger partial charge in [0.2, 0.25) is 5.91 Å². The number of fused-ring (bicyclic) bond motifs is 1. The summed E-state index contributed by atoms with van der Waals surface area (Å²) < 4.78 is 13.9. The summed E-state index contributed by atoms with van der Waals surface area (Å²) in [6.07, 6.45) is 8.52. The van der Waals surface area contributed by atoms with Crippen LogP contribution in [0, 0.1) is 0 Å². The average molecular weight is 429 g/mol. The van der Waals surface area contributed by atoms with Crippen LogP contribution in [0.1, 0.15) is 50.5 Å². The van der Waals surface area contributed by atoms with E-state index in [1.165, 1.54) is 37.4 Å². The molecule has 0 bridgehead atoms. The Morgan fingerprint density at radius 1 is 1.20 bits per heavy atom. The molecule has 30 heavy (non-hydrogen) atoms. The van der Waals surface area contributed by atoms with Gasteiger partial charge in [0.15, 0.2) is 28.6 Å². The molecule has 1 aliphatic heterocycles. The molecule has 1 fully saturated rings. The number of rotatable bonds is 7. The molecule has 2 aromatic rings. The van der Waals surface area contributed by atoms with Crippen molar-refractivity contribution in [2.24, 2.45) is 0 Å². The summed E-state index contributed by atoms with van der Waals surface area (Å²) in [5.41, 5.74) is 0. The maximum atomic E-state index is 12.5. The van der Waals surface area contributed by atoms with Gasteiger partial charge in [-0.3, -0.25) is 9.36 Å². The van der Waals surface area contributed by atoms with Gasteiger partial charge in [-0.2, -0.15) is 0 Å². The molecular weight excluding hydrogens is 400 g/mol. The number of hydrogen-bond acceptors (Lipinski definition) is 6. The number of para-hydroxylation sites is 2. The molecule has 0 spiro atoms. The third-order valence-electron chi connectivity index (χ3n) is 5.41. The van der Waals surface area contributed by atoms with Crippen LogP contribution in [0.5, 0.6) is 11.5 Å². The van der Waals surface area contributed by atoms with Crippen LogP contribution in [0.2, 0.25) is 0 Å². The van der Waals surface area contributed by atoms with Gasteiger partial charge in [0.05, 0.1) is 5.75 Å². The number of carbonyl (C=O) groups is 1. The number of nitrogens with one attached hydrogen (secondary N) is 1. The van der Waals surface area contributed by atoms with E-state index in [1.54, 1.807) is 6.08 Å². The molecule has 7 nitrogen and oxygen atoms in total. The number of nitrogens with zero attached hydrogens (tertiary/aromatic N) is 3. The topological polar surface area (TPSA) is 78.3 Å². The molecular formula is C22H28N4O3S. The minimum Gasteiger partial charge on any atom is -0.485 e. The van der Waals surface area contributed by atoms with Crippen LogP contribution < -0.4 is 14.8 Å². The minimum atomic E-state index is -0.360. The van der Waals surface area contributed by atoms with Crippen LogP contribution in [-0.4, -0.2) is 39.1 Å². The highest BCUT2D eigenvalue weighted by molar-refractivity contribution is 7.99. The lowest BCUT2D eigenvalue weighted by molar-refractivity contribution is -0.119. The van der Waals surface area contributed by atoms with Gasteiger partial charge in [0.1, 0.15) is 6.61 Å². The Kier molecular flexibility index (Phi) is 6.94. The second-order valence-electron chi connectivity index (χ2n) is 7.65. The molecule has 1 aromatic carbocycles. The molecule has 1 amide bonds. The standard InChI is InChI=1S/C22H28N4O3S/c1-2-13-26-21(19-14-28-17-11-7-8-12-18(17)29-19)24-25-22(26)30-15-20(27)23-16-9-5-3-4-6-10-16/h2,7-8,11-12,16,19H,1,3-6,9-10,13-15H2,(H,23,27)/t19-/m1/s1. The predicted octanol–water partition coefficient (Wildman–Crippen LogP) is 3.91. The van der Waals surface area contributed by atoms with E-state index in [0.29, 0.717) is 41.7 Å². The number of thioether (sulfide) groups is 1. The van der Waals surface area contributed by atoms with E-state index in [-0.39, 0.29) is 12.0 Å². The van der Waals surface area contributed by atoms with Crippen molar-refractivity contribution >= 4 is 17.7 Å². The fraction of sp³-hybridized carbons (Fsp3) is 0.500. The van der Waals surface area contributed by atoms with Gasteiger partial charge in [-0.25, -0.2) is 0 Å². The van der Waals surface area contributed by atoms with Crippen molar-refractivity contribution in [3.63, 3.8) is 0 Å². The predicted molar refractivity (Wildman–Crippen MR) is 116 cm³/mol. The van der Waals surface area contributed by atoms with Gasteiger partial charge in [-0.15, -0.1) is 16.8 Å². The lowest BCUT2D eigenvalue weighted by atomic mass is 10.1. The molecule has 160 valence electrons. The lowest BCUT2D eigenvalue weighted by Gasteiger charge is -2.26. The molecule has 0 unspecified atom stereocenters. The molecule has 0 saturated heterocycles. The van der Waals surface area contributed by atoms with E-state index in [1.807, 2.05) is 28.8 Å². The highest BCUT2D eigenvalue weighted by Gasteiger charge is 2.28. The molecule has 1 N–H and O–H groups in total. The van der Waals surface area contributed by atoms with Crippen LogP contribution in [-0.2, 0) is 11.3 Å². The van der Waals surface area contributed by atoms with Crippen molar-refractivity contribution in [2.75, 3.05) is 12.4 Å². The zero-order valence-corrected chi connectivity index (χ0v) is 17.9. The second-order valence-corrected chi connectivity index (χ2v) is 8.59. The number of allylic oxidation sites excluding steroid dienone is 1. The summed E-state index contributed by atoms with van der Waals surface area (Å²) in [7, 11) is 0. The normalized spacial score (nSPS) is 19.1. The first kappa shape index (κ1) is 20.8. The van der Waals surface area contributed by atoms with Gasteiger partial charge in [-0.1, -0.05) is 55.7 Å². The van der Waals surface area contributed by atoms with E-state index in [2.05, 4.69) is 22.1 Å². The lowest BCUT2D eigenvalue weighted by Crippen LogP contribution is -2.35. The van der Waals surface area contributed by atoms with Crippen molar-refractivity contribution in [3.05, 3.63) is 42.7 Å². The fourth-order valence-electron chi connectivity index (χ4n) is 3.92. The summed E-state index contributed by atoms with van der Waals surface area (Å²) in [4.78, 5) is 12.5. The van der Waals surface area contributed by atoms with Gasteiger partial charge < -0.3 is 14.8 Å². The maximum Gasteiger partial charge on any atom is 0.230 e. The Hall–Kier alpha value is -2.48. The van der Waals surface area contributed by atoms with Gasteiger partial charge in [0, 0.05) is 12.6 Å². The second kappa shape index (κ2) is 10.0. The Balaban J connectivity index is 1.40. The van der Waals surface area contributed by atoms with Crippen molar-refractivity contribution in [1.29, 1.82) is 0 Å². The average Bonchev–Trinajstić information content (AvgIpc) is 2.98. The number of benzene rings is 1. The van der Waals surface area contributed by atoms with E-state index >= 15 is 0 Å². The molecule has 2 heterocycles. The minimum absolute atomic E-state index is 0.0489. The first-order chi connectivity index (χ1) is 14.7. The van der Waals surface area contributed by atoms with Crippen LogP contribution >= 0.6 is 11.8 Å². The monoisotopic (exact) mass is 428 g/mol. The largest absolute Gasteiger partial charge is 0.485 e. The molecule has 1 atom stereocenters. The Morgan fingerprint density at radius 2 is 1.97 bits per heavy atom. The Bertz CT molecular complexity index is 877. The molecule has 0 radical (unpaired) electrons. The molecule has 8 heteroatoms. The van der Waals surface area contributed by atoms with E-state index in [4.69, 9.17) is 9.47 Å². The van der Waals surface area contributed by atoms with Crippen LogP contribution in [0.15, 0.2) is 42.1 Å². The van der Waals surface area contributed by atoms with Crippen molar-refractivity contribution in [2.45, 2.75) is 62.4 Å². The zero-order valence-electron chi connectivity index (χ0n) is 17.1. The number of hydrogen-bond donors (Lipinski definition) is 1. The van der Waals surface area contributed by atoms with Crippen molar-refractivity contribution in [3.8, 4) is 11.5 Å². The van der Waals surface area contributed by atoms with Crippen molar-refractivity contribution in [1.82, 2.24) is 20.1 Å². The Morgan fingerprint density at radius 3 is 2.73 bits per heavy atom. The van der Waals surface area contributed by atoms with E-state index < -0.39 is 0 Å². The number of aromatic nitrogens is 3. The smallest absolute Gasteiger partial charge is 0.230 e. The van der Waals surface area contributed by atoms with Gasteiger partial charge in [0.25, 0.3) is 0 Å². The third kappa shape index (κ3) is 4.98. The van der Waals surface area contributed by atoms with Gasteiger partial charge >= 0.3 is 0 Å².